The Bertz CT molecular complexity index is 908. The summed E-state index contributed by atoms with van der Waals surface area (Å²) in [5, 5.41) is 11.1. The van der Waals surface area contributed by atoms with E-state index in [0.29, 0.717) is 28.1 Å². The number of carbonyl (C=O) groups is 1. The third-order valence-electron chi connectivity index (χ3n) is 3.53. The molecule has 2 amide bonds. The molecule has 128 valence electrons. The van der Waals surface area contributed by atoms with Crippen molar-refractivity contribution in [1.82, 2.24) is 9.78 Å². The topological polar surface area (TPSA) is 59.0 Å². The van der Waals surface area contributed by atoms with Crippen molar-refractivity contribution in [2.45, 2.75) is 13.5 Å². The number of anilines is 2. The fraction of sp³-hybridized carbons (Fsp3) is 0.111. The van der Waals surface area contributed by atoms with Crippen LogP contribution >= 0.6 is 23.2 Å². The summed E-state index contributed by atoms with van der Waals surface area (Å²) in [4.78, 5) is 12.1. The Hall–Kier alpha value is -2.50. The van der Waals surface area contributed by atoms with Crippen LogP contribution in [0.5, 0.6) is 0 Å². The summed E-state index contributed by atoms with van der Waals surface area (Å²) < 4.78 is 1.81. The van der Waals surface area contributed by atoms with E-state index in [4.69, 9.17) is 23.2 Å². The number of benzene rings is 2. The molecule has 0 spiro atoms. The number of urea groups is 1. The molecule has 2 aromatic carbocycles. The van der Waals surface area contributed by atoms with Gasteiger partial charge in [0.15, 0.2) is 5.82 Å². The number of aryl methyl sites for hydroxylation is 1. The Labute approximate surface area is 155 Å². The second-order valence-electron chi connectivity index (χ2n) is 5.55. The smallest absolute Gasteiger partial charge is 0.308 e. The zero-order valence-corrected chi connectivity index (χ0v) is 15.0. The molecule has 0 bridgehead atoms. The summed E-state index contributed by atoms with van der Waals surface area (Å²) in [5.74, 6) is 0.471. The number of aromatic nitrogens is 2. The van der Waals surface area contributed by atoms with Crippen LogP contribution in [0.1, 0.15) is 11.3 Å². The van der Waals surface area contributed by atoms with Crippen LogP contribution in [0.25, 0.3) is 0 Å². The van der Waals surface area contributed by atoms with Crippen molar-refractivity contribution in [2.24, 2.45) is 0 Å². The molecule has 5 nitrogen and oxygen atoms in total. The van der Waals surface area contributed by atoms with Gasteiger partial charge in [0.05, 0.1) is 6.54 Å². The van der Waals surface area contributed by atoms with Crippen molar-refractivity contribution >= 4 is 40.7 Å². The second kappa shape index (κ2) is 7.59. The first-order valence-corrected chi connectivity index (χ1v) is 8.38. The number of carbonyl (C=O) groups excluding carboxylic acids is 1. The minimum absolute atomic E-state index is 0.380. The average Bonchev–Trinajstić information content (AvgIpc) is 2.86. The van der Waals surface area contributed by atoms with Crippen molar-refractivity contribution in [3.05, 3.63) is 75.9 Å². The maximum absolute atomic E-state index is 12.1. The highest BCUT2D eigenvalue weighted by molar-refractivity contribution is 6.31. The van der Waals surface area contributed by atoms with Gasteiger partial charge in [0.1, 0.15) is 0 Å². The highest BCUT2D eigenvalue weighted by Gasteiger charge is 2.09. The molecule has 0 aliphatic heterocycles. The van der Waals surface area contributed by atoms with Gasteiger partial charge >= 0.3 is 6.03 Å². The van der Waals surface area contributed by atoms with Gasteiger partial charge in [-0.1, -0.05) is 41.4 Å². The normalized spacial score (nSPS) is 10.5. The summed E-state index contributed by atoms with van der Waals surface area (Å²) in [6, 6.07) is 16.0. The van der Waals surface area contributed by atoms with E-state index in [1.54, 1.807) is 28.9 Å². The average molecular weight is 375 g/mol. The zero-order valence-electron chi connectivity index (χ0n) is 13.5. The molecule has 0 saturated carbocycles. The molecule has 0 unspecified atom stereocenters. The number of rotatable bonds is 4. The SMILES string of the molecule is Cc1cc(NC(=O)Nc2cccc(Cl)c2)nn1Cc1cccc(Cl)c1. The van der Waals surface area contributed by atoms with Gasteiger partial charge in [-0.15, -0.1) is 0 Å². The molecule has 0 aliphatic rings. The van der Waals surface area contributed by atoms with Gasteiger partial charge in [-0.05, 0) is 42.8 Å². The molecule has 3 aromatic rings. The fourth-order valence-electron chi connectivity index (χ4n) is 2.38. The van der Waals surface area contributed by atoms with E-state index in [-0.39, 0.29) is 6.03 Å². The molecule has 7 heteroatoms. The van der Waals surface area contributed by atoms with Crippen molar-refractivity contribution in [3.8, 4) is 0 Å². The second-order valence-corrected chi connectivity index (χ2v) is 6.42. The van der Waals surface area contributed by atoms with Gasteiger partial charge in [0.2, 0.25) is 0 Å². The van der Waals surface area contributed by atoms with Crippen molar-refractivity contribution < 1.29 is 4.79 Å². The molecule has 0 saturated heterocycles. The van der Waals surface area contributed by atoms with Gasteiger partial charge in [-0.2, -0.15) is 5.10 Å². The Morgan fingerprint density at radius 2 is 1.76 bits per heavy atom. The van der Waals surface area contributed by atoms with E-state index >= 15 is 0 Å². The lowest BCUT2D eigenvalue weighted by molar-refractivity contribution is 0.262. The summed E-state index contributed by atoms with van der Waals surface area (Å²) in [5.41, 5.74) is 2.58. The first kappa shape index (κ1) is 17.3. The van der Waals surface area contributed by atoms with E-state index in [1.807, 2.05) is 37.3 Å². The quantitative estimate of drug-likeness (QED) is 0.659. The highest BCUT2D eigenvalue weighted by Crippen LogP contribution is 2.17. The standard InChI is InChI=1S/C18H16Cl2N4O/c1-12-8-17(22-18(25)21-16-7-3-6-15(20)10-16)23-24(12)11-13-4-2-5-14(19)9-13/h2-10H,11H2,1H3,(H2,21,22,23,25). The van der Waals surface area contributed by atoms with Crippen molar-refractivity contribution in [3.63, 3.8) is 0 Å². The van der Waals surface area contributed by atoms with E-state index in [1.165, 1.54) is 0 Å². The van der Waals surface area contributed by atoms with Crippen LogP contribution in [0.3, 0.4) is 0 Å². The van der Waals surface area contributed by atoms with Crippen LogP contribution in [0.15, 0.2) is 54.6 Å². The van der Waals surface area contributed by atoms with Gasteiger partial charge in [-0.3, -0.25) is 10.00 Å². The molecular weight excluding hydrogens is 359 g/mol. The Balaban J connectivity index is 1.66. The van der Waals surface area contributed by atoms with E-state index in [9.17, 15) is 4.79 Å². The molecule has 0 atom stereocenters. The van der Waals surface area contributed by atoms with Gasteiger partial charge in [0.25, 0.3) is 0 Å². The monoisotopic (exact) mass is 374 g/mol. The van der Waals surface area contributed by atoms with Crippen LogP contribution < -0.4 is 10.6 Å². The number of hydrogen-bond donors (Lipinski definition) is 2. The van der Waals surface area contributed by atoms with Crippen LogP contribution in [0, 0.1) is 6.92 Å². The molecule has 0 aliphatic carbocycles. The largest absolute Gasteiger partial charge is 0.324 e. The summed E-state index contributed by atoms with van der Waals surface area (Å²) in [6.07, 6.45) is 0. The number of nitrogens with one attached hydrogen (secondary N) is 2. The molecule has 0 fully saturated rings. The molecule has 1 aromatic heterocycles. The lowest BCUT2D eigenvalue weighted by atomic mass is 10.2. The Morgan fingerprint density at radius 3 is 2.48 bits per heavy atom. The van der Waals surface area contributed by atoms with Gasteiger partial charge in [0, 0.05) is 27.5 Å². The van der Waals surface area contributed by atoms with Gasteiger partial charge < -0.3 is 5.32 Å². The number of hydrogen-bond acceptors (Lipinski definition) is 2. The van der Waals surface area contributed by atoms with Crippen LogP contribution in [0.4, 0.5) is 16.3 Å². The number of amides is 2. The van der Waals surface area contributed by atoms with E-state index < -0.39 is 0 Å². The molecule has 3 rings (SSSR count). The van der Waals surface area contributed by atoms with Gasteiger partial charge in [-0.25, -0.2) is 4.79 Å². The lowest BCUT2D eigenvalue weighted by Gasteiger charge is -2.06. The van der Waals surface area contributed by atoms with Crippen LogP contribution in [-0.2, 0) is 6.54 Å². The minimum Gasteiger partial charge on any atom is -0.308 e. The maximum Gasteiger partial charge on any atom is 0.324 e. The zero-order chi connectivity index (χ0) is 17.8. The summed E-state index contributed by atoms with van der Waals surface area (Å²) >= 11 is 11.9. The highest BCUT2D eigenvalue weighted by atomic mass is 35.5. The predicted octanol–water partition coefficient (Wildman–Crippen LogP) is 5.19. The third kappa shape index (κ3) is 4.75. The van der Waals surface area contributed by atoms with Crippen molar-refractivity contribution in [1.29, 1.82) is 0 Å². The van der Waals surface area contributed by atoms with E-state index in [2.05, 4.69) is 15.7 Å². The van der Waals surface area contributed by atoms with Crippen LogP contribution in [-0.4, -0.2) is 15.8 Å². The lowest BCUT2D eigenvalue weighted by Crippen LogP contribution is -2.19. The fourth-order valence-corrected chi connectivity index (χ4v) is 2.79. The number of nitrogens with zero attached hydrogens (tertiary/aromatic N) is 2. The number of halogens is 2. The van der Waals surface area contributed by atoms with Crippen LogP contribution in [0.2, 0.25) is 10.0 Å². The maximum atomic E-state index is 12.1. The molecule has 0 radical (unpaired) electrons. The minimum atomic E-state index is -0.380. The summed E-state index contributed by atoms with van der Waals surface area (Å²) in [6.45, 7) is 2.50. The molecular formula is C18H16Cl2N4O. The Kier molecular flexibility index (Phi) is 5.26. The van der Waals surface area contributed by atoms with E-state index in [0.717, 1.165) is 11.3 Å². The summed E-state index contributed by atoms with van der Waals surface area (Å²) in [7, 11) is 0. The Morgan fingerprint density at radius 1 is 1.04 bits per heavy atom. The third-order valence-corrected chi connectivity index (χ3v) is 4.00. The molecule has 1 heterocycles. The molecule has 25 heavy (non-hydrogen) atoms. The molecule has 2 N–H and O–H groups in total. The van der Waals surface area contributed by atoms with Crippen molar-refractivity contribution in [2.75, 3.05) is 10.6 Å². The first-order valence-electron chi connectivity index (χ1n) is 7.62. The predicted molar refractivity (Wildman–Crippen MR) is 102 cm³/mol. The first-order chi connectivity index (χ1) is 12.0.